The number of carbonyl (C=O) groups excluding carboxylic acids is 3. The number of nitrogens with one attached hydrogen (secondary N) is 1. The fourth-order valence-corrected chi connectivity index (χ4v) is 12.8. The number of amides is 3. The number of phenolic OH excluding ortho intramolecular Hbond substituents is 1. The molecule has 0 spiro atoms. The van der Waals surface area contributed by atoms with Crippen LogP contribution in [0.2, 0.25) is 0 Å². The smallest absolute Gasteiger partial charge is 0.254 e. The van der Waals surface area contributed by atoms with Crippen LogP contribution < -0.4 is 35.2 Å². The fraction of sp³-hybridized carbons (Fsp3) is 0.410. The van der Waals surface area contributed by atoms with Crippen LogP contribution in [-0.2, 0) is 14.4 Å². The Labute approximate surface area is 486 Å². The molecule has 0 saturated carbocycles. The lowest BCUT2D eigenvalue weighted by Gasteiger charge is -2.43. The quantitative estimate of drug-likeness (QED) is 0.0645. The number of aliphatic hydroxyl groups is 1. The Hall–Kier alpha value is -8.18. The summed E-state index contributed by atoms with van der Waals surface area (Å²) in [6.07, 6.45) is 2.96. The number of hydrogen-bond acceptors (Lipinski definition) is 19. The number of anilines is 4. The Morgan fingerprint density at radius 2 is 1.53 bits per heavy atom. The molecule has 7 aromatic rings. The second-order valence-corrected chi connectivity index (χ2v) is 23.1. The van der Waals surface area contributed by atoms with Gasteiger partial charge in [0.05, 0.1) is 33.6 Å². The number of benzene rings is 3. The van der Waals surface area contributed by atoms with Gasteiger partial charge in [-0.2, -0.15) is 0 Å². The summed E-state index contributed by atoms with van der Waals surface area (Å²) in [5.74, 6) is -0.750. The van der Waals surface area contributed by atoms with Crippen molar-refractivity contribution in [2.45, 2.75) is 76.2 Å². The van der Waals surface area contributed by atoms with Crippen molar-refractivity contribution in [1.82, 2.24) is 45.3 Å². The van der Waals surface area contributed by atoms with Crippen LogP contribution in [0.25, 0.3) is 21.7 Å². The predicted octanol–water partition coefficient (Wildman–Crippen LogP) is 6.40. The van der Waals surface area contributed by atoms with Crippen molar-refractivity contribution >= 4 is 51.9 Å². The zero-order chi connectivity index (χ0) is 57.7. The average molecular weight is 1150 g/mol. The van der Waals surface area contributed by atoms with E-state index in [0.717, 1.165) is 86.2 Å². The number of aliphatic hydroxyl groups excluding tert-OH is 1. The van der Waals surface area contributed by atoms with Crippen LogP contribution in [-0.4, -0.2) is 171 Å². The Morgan fingerprint density at radius 3 is 2.20 bits per heavy atom. The third-order valence-corrected chi connectivity index (χ3v) is 17.4. The number of β-amino-alcohol motifs (C(OH)–C–C–N with tert-alkyl or cyclic N) is 1. The number of carbonyl (C=O) groups is 3. The number of aryl methyl sites for hydroxylation is 1. The standard InChI is InChI=1S/C61H71N13O8S/c1-38(2)55(60(78)73-36-46(75)31-50(73)59(77)65-56(61(79)69(4)42-10-6-5-7-11-42)40-14-16-41(17-15-40)57-39(3)64-37-83-57)52-33-54(68-82-52)81-29-27-71-24-22-70(23-25-71)26-28-80-53-30-43(20-21-63-53)74-44-18-19-45(74)35-72(34-44)49-32-48(66-67-58(49)62)47-12-8-9-13-51(47)76/h5-17,20-21,30,32-33,37-38,44-46,50,55-56,75-76H,18-19,22-29,31,34-36H2,1-4H3,(H2,62,67)(H,65,77)/t44?,45?,46-,50+,55-,56-/m1/s1. The Morgan fingerprint density at radius 1 is 0.843 bits per heavy atom. The first-order chi connectivity index (χ1) is 40.3. The van der Waals surface area contributed by atoms with Gasteiger partial charge in [-0.25, -0.2) is 9.97 Å². The van der Waals surface area contributed by atoms with Crippen molar-refractivity contribution in [3.63, 3.8) is 0 Å². The first-order valence-electron chi connectivity index (χ1n) is 28.5. The molecular weight excluding hydrogens is 1070 g/mol. The summed E-state index contributed by atoms with van der Waals surface area (Å²) in [5, 5.41) is 37.2. The predicted molar refractivity (Wildman–Crippen MR) is 316 cm³/mol. The van der Waals surface area contributed by atoms with Crippen molar-refractivity contribution < 1.29 is 38.6 Å². The lowest BCUT2D eigenvalue weighted by Crippen LogP contribution is -2.54. The van der Waals surface area contributed by atoms with Gasteiger partial charge in [-0.3, -0.25) is 24.2 Å². The normalized spacial score (nSPS) is 19.9. The molecule has 6 atom stereocenters. The highest BCUT2D eigenvalue weighted by molar-refractivity contribution is 7.13. The monoisotopic (exact) mass is 1150 g/mol. The summed E-state index contributed by atoms with van der Waals surface area (Å²) in [5.41, 5.74) is 14.3. The number of para-hydroxylation sites is 2. The molecule has 4 fully saturated rings. The van der Waals surface area contributed by atoms with E-state index in [2.05, 4.69) is 56.3 Å². The van der Waals surface area contributed by atoms with Crippen LogP contribution in [0.3, 0.4) is 0 Å². The van der Waals surface area contributed by atoms with Gasteiger partial charge in [0.1, 0.15) is 37.0 Å². The number of aromatic hydroxyl groups is 1. The van der Waals surface area contributed by atoms with E-state index in [1.807, 2.05) is 106 Å². The van der Waals surface area contributed by atoms with Gasteiger partial charge in [0.25, 0.3) is 11.8 Å². The summed E-state index contributed by atoms with van der Waals surface area (Å²) in [6, 6.07) is 29.8. The molecule has 4 saturated heterocycles. The summed E-state index contributed by atoms with van der Waals surface area (Å²) in [6.45, 7) is 13.0. The number of likely N-dealkylation sites (N-methyl/N-ethyl adjacent to an activating group) is 1. The summed E-state index contributed by atoms with van der Waals surface area (Å²) in [4.78, 5) is 65.7. The van der Waals surface area contributed by atoms with E-state index < -0.39 is 35.9 Å². The van der Waals surface area contributed by atoms with Crippen LogP contribution in [0.5, 0.6) is 17.5 Å². The van der Waals surface area contributed by atoms with Crippen LogP contribution in [0.4, 0.5) is 22.9 Å². The SMILES string of the molecule is Cc1ncsc1-c1ccc([C@@H](NC(=O)[C@@H]2C[C@@H](O)CN2C(=O)[C@@H](c2cc(OCCN3CCN(CCOc4cc(N5C6CCC5CN(c5cc(-c7ccccc7O)nnc5N)C6)ccn4)CC3)no2)C(C)C)C(=O)N(C)c2ccccc2)cc1. The highest BCUT2D eigenvalue weighted by Gasteiger charge is 2.45. The number of nitrogens with zero attached hydrogens (tertiary/aromatic N) is 11. The highest BCUT2D eigenvalue weighted by atomic mass is 32.1. The van der Waals surface area contributed by atoms with Gasteiger partial charge in [0.15, 0.2) is 11.6 Å². The number of fused-ring (bicyclic) bond motifs is 2. The van der Waals surface area contributed by atoms with E-state index in [1.165, 1.54) is 21.1 Å². The third kappa shape index (κ3) is 12.6. The molecule has 2 bridgehead atoms. The van der Waals surface area contributed by atoms with Gasteiger partial charge in [-0.15, -0.1) is 21.5 Å². The van der Waals surface area contributed by atoms with Crippen LogP contribution >= 0.6 is 11.3 Å². The first-order valence-corrected chi connectivity index (χ1v) is 29.3. The molecule has 4 aliphatic heterocycles. The molecule has 4 aliphatic rings. The maximum atomic E-state index is 14.6. The zero-order valence-corrected chi connectivity index (χ0v) is 48.0. The molecule has 4 aromatic heterocycles. The molecule has 21 nitrogen and oxygen atoms in total. The van der Waals surface area contributed by atoms with Crippen LogP contribution in [0.15, 0.2) is 119 Å². The van der Waals surface area contributed by atoms with Gasteiger partial charge in [-0.05, 0) is 78.4 Å². The zero-order valence-electron chi connectivity index (χ0n) is 47.2. The molecule has 11 rings (SSSR count). The van der Waals surface area contributed by atoms with Crippen LogP contribution in [0.1, 0.15) is 62.1 Å². The van der Waals surface area contributed by atoms with Crippen molar-refractivity contribution in [3.05, 3.63) is 132 Å². The molecule has 83 heavy (non-hydrogen) atoms. The second kappa shape index (κ2) is 25.1. The van der Waals surface area contributed by atoms with Gasteiger partial charge in [0.2, 0.25) is 17.7 Å². The van der Waals surface area contributed by atoms with Crippen molar-refractivity contribution in [1.29, 1.82) is 0 Å². The Balaban J connectivity index is 0.644. The number of hydrogen-bond donors (Lipinski definition) is 4. The number of likely N-dealkylation sites (tertiary alicyclic amines) is 1. The van der Waals surface area contributed by atoms with E-state index >= 15 is 0 Å². The number of rotatable bonds is 20. The summed E-state index contributed by atoms with van der Waals surface area (Å²) >= 11 is 1.52. The largest absolute Gasteiger partial charge is 0.507 e. The number of pyridine rings is 1. The Kier molecular flexibility index (Phi) is 17.2. The third-order valence-electron chi connectivity index (χ3n) is 16.5. The molecule has 3 aromatic carbocycles. The minimum absolute atomic E-state index is 0.00258. The first kappa shape index (κ1) is 56.7. The van der Waals surface area contributed by atoms with E-state index in [1.54, 1.807) is 30.8 Å². The summed E-state index contributed by atoms with van der Waals surface area (Å²) < 4.78 is 18.1. The minimum atomic E-state index is -1.10. The number of nitrogen functional groups attached to an aromatic ring is 1. The minimum Gasteiger partial charge on any atom is -0.507 e. The molecule has 0 radical (unpaired) electrons. The lowest BCUT2D eigenvalue weighted by molar-refractivity contribution is -0.141. The van der Waals surface area contributed by atoms with E-state index in [0.29, 0.717) is 59.7 Å². The van der Waals surface area contributed by atoms with E-state index in [-0.39, 0.29) is 48.5 Å². The number of thiazole rings is 1. The highest BCUT2D eigenvalue weighted by Crippen LogP contribution is 2.40. The molecule has 434 valence electrons. The van der Waals surface area contributed by atoms with Crippen molar-refractivity contribution in [2.24, 2.45) is 5.92 Å². The number of aromatic nitrogens is 5. The van der Waals surface area contributed by atoms with Gasteiger partial charge < -0.3 is 54.9 Å². The van der Waals surface area contributed by atoms with Gasteiger partial charge in [-0.1, -0.05) is 68.4 Å². The fourth-order valence-electron chi connectivity index (χ4n) is 12.0. The molecule has 8 heterocycles. The van der Waals surface area contributed by atoms with E-state index in [9.17, 15) is 24.6 Å². The molecule has 2 unspecified atom stereocenters. The molecule has 22 heteroatoms. The molecule has 5 N–H and O–H groups in total. The number of nitrogens with two attached hydrogens (primary N) is 1. The van der Waals surface area contributed by atoms with Gasteiger partial charge >= 0.3 is 0 Å². The Bertz CT molecular complexity index is 3360. The van der Waals surface area contributed by atoms with Crippen LogP contribution in [0, 0.1) is 12.8 Å². The summed E-state index contributed by atoms with van der Waals surface area (Å²) in [7, 11) is 1.66. The molecule has 0 aliphatic carbocycles. The van der Waals surface area contributed by atoms with Crippen molar-refractivity contribution in [2.75, 3.05) is 99.6 Å². The lowest BCUT2D eigenvalue weighted by atomic mass is 9.91. The number of ether oxygens (including phenoxy) is 2. The van der Waals surface area contributed by atoms with E-state index in [4.69, 9.17) is 19.7 Å². The molecule has 3 amide bonds. The second-order valence-electron chi connectivity index (χ2n) is 22.2. The maximum absolute atomic E-state index is 14.6. The molecular formula is C61H71N13O8S. The van der Waals surface area contributed by atoms with Gasteiger partial charge in [0, 0.05) is 120 Å². The number of piperazine rings is 2. The van der Waals surface area contributed by atoms with Crippen molar-refractivity contribution in [3.8, 4) is 39.2 Å². The number of phenols is 1. The average Bonchev–Trinajstić information content (AvgIpc) is 4.41. The topological polar surface area (TPSA) is 245 Å². The maximum Gasteiger partial charge on any atom is 0.254 e.